The molecule has 12 heteroatoms. The van der Waals surface area contributed by atoms with Crippen molar-refractivity contribution >= 4 is 90.4 Å². The van der Waals surface area contributed by atoms with Gasteiger partial charge in [-0.15, -0.1) is 0 Å². The van der Waals surface area contributed by atoms with Crippen LogP contribution in [0.1, 0.15) is 44.5 Å². The van der Waals surface area contributed by atoms with Crippen molar-refractivity contribution in [2.24, 2.45) is 0 Å². The van der Waals surface area contributed by atoms with Gasteiger partial charge in [0.25, 0.3) is 0 Å². The summed E-state index contributed by atoms with van der Waals surface area (Å²) in [5, 5.41) is 44.0. The van der Waals surface area contributed by atoms with Crippen LogP contribution in [-0.4, -0.2) is 20.4 Å². The first-order valence-corrected chi connectivity index (χ1v) is 17.7. The van der Waals surface area contributed by atoms with E-state index in [-0.39, 0.29) is 75.9 Å². The first kappa shape index (κ1) is 34.2. The molecule has 44 heavy (non-hydrogen) atoms. The number of hydrogen-bond acceptors (Lipinski definition) is 8. The minimum Gasteiger partial charge on any atom is -0.507 e. The topological polar surface area (TPSA) is 118 Å². The van der Waals surface area contributed by atoms with Gasteiger partial charge in [0, 0.05) is 58.8 Å². The molecule has 4 N–H and O–H groups in total. The zero-order valence-electron chi connectivity index (χ0n) is 23.2. The van der Waals surface area contributed by atoms with Gasteiger partial charge in [-0.1, -0.05) is 0 Å². The van der Waals surface area contributed by atoms with Gasteiger partial charge in [0.2, 0.25) is 0 Å². The summed E-state index contributed by atoms with van der Waals surface area (Å²) in [7, 11) is 0. The maximum Gasteiger partial charge on any atom is 0.126 e. The van der Waals surface area contributed by atoms with Gasteiger partial charge < -0.3 is 39.4 Å². The molecule has 0 aromatic heterocycles. The summed E-state index contributed by atoms with van der Waals surface area (Å²) in [6.07, 6.45) is 0. The van der Waals surface area contributed by atoms with Gasteiger partial charge in [0.1, 0.15) is 23.0 Å². The lowest BCUT2D eigenvalue weighted by Crippen LogP contribution is -2.03. The molecule has 8 nitrogen and oxygen atoms in total. The van der Waals surface area contributed by atoms with E-state index in [0.717, 1.165) is 14.3 Å². The molecule has 0 unspecified atom stereocenters. The molecule has 8 bridgehead atoms. The third-order valence-electron chi connectivity index (χ3n) is 6.99. The molecular weight excluding hydrogens is 1020 g/mol. The Kier molecular flexibility index (Phi) is 12.1. The summed E-state index contributed by atoms with van der Waals surface area (Å²) < 4.78 is 27.5. The molecule has 1 aliphatic heterocycles. The number of aromatic hydroxyl groups is 4. The Bertz CT molecular complexity index is 1330. The number of fused-ring (bicyclic) bond motifs is 8. The summed E-state index contributed by atoms with van der Waals surface area (Å²) >= 11 is 8.76. The van der Waals surface area contributed by atoms with Crippen LogP contribution in [0.4, 0.5) is 0 Å². The number of benzene rings is 4. The second-order valence-electron chi connectivity index (χ2n) is 10.3. The zero-order chi connectivity index (χ0) is 31.4. The Hall–Kier alpha value is -1.16. The van der Waals surface area contributed by atoms with Crippen LogP contribution in [-0.2, 0) is 71.8 Å². The molecule has 1 aliphatic rings. The Morgan fingerprint density at radius 2 is 0.455 bits per heavy atom. The van der Waals surface area contributed by atoms with Gasteiger partial charge in [-0.2, -0.15) is 0 Å². The molecule has 4 aromatic rings. The maximum atomic E-state index is 11.0. The quantitative estimate of drug-likeness (QED) is 0.131. The Balaban J connectivity index is 1.45. The molecule has 1 heterocycles. The van der Waals surface area contributed by atoms with E-state index in [1.165, 1.54) is 0 Å². The van der Waals surface area contributed by atoms with Gasteiger partial charge in [0.15, 0.2) is 0 Å². The van der Waals surface area contributed by atoms with Crippen molar-refractivity contribution in [3.05, 3.63) is 107 Å². The lowest BCUT2D eigenvalue weighted by atomic mass is 10.1. The summed E-state index contributed by atoms with van der Waals surface area (Å²) in [5.74, 6) is 0.344. The molecule has 0 aliphatic carbocycles. The van der Waals surface area contributed by atoms with E-state index in [2.05, 4.69) is 90.4 Å². The van der Waals surface area contributed by atoms with E-state index >= 15 is 0 Å². The highest BCUT2D eigenvalue weighted by molar-refractivity contribution is 14.1. The normalized spacial score (nSPS) is 15.0. The van der Waals surface area contributed by atoms with E-state index in [9.17, 15) is 20.4 Å². The second kappa shape index (κ2) is 15.6. The SMILES string of the molecule is Oc1c2cc(I)cc1COCc1cc(I)cc(c1O)COCc1cc(I)cc(c1O)COCc1cc(I)cc(c1O)COC2. The van der Waals surface area contributed by atoms with Crippen LogP contribution in [0.2, 0.25) is 0 Å². The van der Waals surface area contributed by atoms with E-state index < -0.39 is 0 Å². The van der Waals surface area contributed by atoms with E-state index in [1.807, 2.05) is 48.5 Å². The van der Waals surface area contributed by atoms with Crippen molar-refractivity contribution in [2.45, 2.75) is 52.9 Å². The van der Waals surface area contributed by atoms with Crippen molar-refractivity contribution in [1.29, 1.82) is 0 Å². The maximum absolute atomic E-state index is 11.0. The van der Waals surface area contributed by atoms with E-state index in [1.54, 1.807) is 0 Å². The van der Waals surface area contributed by atoms with Gasteiger partial charge in [-0.3, -0.25) is 0 Å². The van der Waals surface area contributed by atoms with Crippen molar-refractivity contribution < 1.29 is 39.4 Å². The summed E-state index contributed by atoms with van der Waals surface area (Å²) in [6, 6.07) is 14.8. The van der Waals surface area contributed by atoms with Crippen molar-refractivity contribution in [3.8, 4) is 23.0 Å². The average Bonchev–Trinajstić information content (AvgIpc) is 2.97. The molecule has 5 rings (SSSR count). The third-order valence-corrected chi connectivity index (χ3v) is 9.48. The second-order valence-corrected chi connectivity index (χ2v) is 15.2. The van der Waals surface area contributed by atoms with Crippen molar-refractivity contribution in [1.82, 2.24) is 0 Å². The molecule has 0 radical (unpaired) electrons. The van der Waals surface area contributed by atoms with Crippen LogP contribution in [0, 0.1) is 14.3 Å². The van der Waals surface area contributed by atoms with Crippen molar-refractivity contribution in [2.75, 3.05) is 0 Å². The first-order valence-electron chi connectivity index (χ1n) is 13.4. The third kappa shape index (κ3) is 8.60. The fourth-order valence-electron chi connectivity index (χ4n) is 4.83. The fraction of sp³-hybridized carbons (Fsp3) is 0.250. The van der Waals surface area contributed by atoms with Crippen molar-refractivity contribution in [3.63, 3.8) is 0 Å². The van der Waals surface area contributed by atoms with Crippen LogP contribution in [0.15, 0.2) is 48.5 Å². The molecule has 0 atom stereocenters. The van der Waals surface area contributed by atoms with E-state index in [0.29, 0.717) is 44.5 Å². The average molecular weight is 1050 g/mol. The van der Waals surface area contributed by atoms with Crippen LogP contribution in [0.3, 0.4) is 0 Å². The van der Waals surface area contributed by atoms with Gasteiger partial charge in [0.05, 0.1) is 52.9 Å². The highest BCUT2D eigenvalue weighted by Gasteiger charge is 2.17. The molecule has 0 saturated carbocycles. The largest absolute Gasteiger partial charge is 0.507 e. The first-order chi connectivity index (χ1) is 21.1. The predicted molar refractivity (Wildman–Crippen MR) is 197 cm³/mol. The fourth-order valence-corrected chi connectivity index (χ4v) is 7.84. The highest BCUT2D eigenvalue weighted by atomic mass is 127. The number of halogens is 4. The zero-order valence-corrected chi connectivity index (χ0v) is 31.8. The molecule has 0 saturated heterocycles. The number of rotatable bonds is 0. The monoisotopic (exact) mass is 1050 g/mol. The number of phenolic OH excluding ortho intramolecular Hbond substituents is 4. The molecule has 0 fully saturated rings. The number of phenols is 4. The van der Waals surface area contributed by atoms with Crippen LogP contribution in [0.5, 0.6) is 23.0 Å². The minimum absolute atomic E-state index is 0.0860. The van der Waals surface area contributed by atoms with E-state index in [4.69, 9.17) is 18.9 Å². The summed E-state index contributed by atoms with van der Waals surface area (Å²) in [4.78, 5) is 0. The van der Waals surface area contributed by atoms with Crippen LogP contribution in [0.25, 0.3) is 0 Å². The molecule has 0 spiro atoms. The highest BCUT2D eigenvalue weighted by Crippen LogP contribution is 2.33. The Morgan fingerprint density at radius 1 is 0.318 bits per heavy atom. The lowest BCUT2D eigenvalue weighted by molar-refractivity contribution is 0.0931. The smallest absolute Gasteiger partial charge is 0.126 e. The predicted octanol–water partition coefficient (Wildman–Crippen LogP) is 8.11. The number of ether oxygens (including phenoxy) is 4. The van der Waals surface area contributed by atoms with Crippen LogP contribution < -0.4 is 0 Å². The Morgan fingerprint density at radius 3 is 0.591 bits per heavy atom. The minimum atomic E-state index is 0.0860. The van der Waals surface area contributed by atoms with Gasteiger partial charge in [-0.05, 0) is 139 Å². The Labute approximate surface area is 309 Å². The van der Waals surface area contributed by atoms with Gasteiger partial charge in [-0.25, -0.2) is 0 Å². The number of hydrogen-bond donors (Lipinski definition) is 4. The molecular formula is C32H28I4O8. The molecule has 232 valence electrons. The van der Waals surface area contributed by atoms with Crippen LogP contribution >= 0.6 is 90.4 Å². The lowest BCUT2D eigenvalue weighted by Gasteiger charge is -2.16. The summed E-state index contributed by atoms with van der Waals surface area (Å²) in [5.41, 5.74) is 4.83. The molecule has 0 amide bonds. The molecule has 4 aromatic carbocycles. The van der Waals surface area contributed by atoms with Gasteiger partial charge >= 0.3 is 0 Å². The summed E-state index contributed by atoms with van der Waals surface area (Å²) in [6.45, 7) is 1.01. The standard InChI is InChI=1S/C32H28I4O8/c33-25-1-17-9-41-11-19-3-26(34)5-21(30(19)38)13-43-15-23-7-28(36)8-24(32(23)40)16-44-14-22-6-27(35)4-20(31(22)39)12-42-10-18(2-25)29(17)37/h1-8,37-40H,9-16H2.